The van der Waals surface area contributed by atoms with Crippen LogP contribution in [0.1, 0.15) is 68.1 Å². The topological polar surface area (TPSA) is 146 Å². The van der Waals surface area contributed by atoms with Crippen molar-refractivity contribution in [3.05, 3.63) is 47.4 Å². The molecule has 4 heterocycles. The Morgan fingerprint density at radius 2 is 1.87 bits per heavy atom. The number of nitrogens with one attached hydrogen (secondary N) is 1. The third kappa shape index (κ3) is 4.17. The number of rotatable bonds is 6. The van der Waals surface area contributed by atoms with Gasteiger partial charge in [0.25, 0.3) is 0 Å². The normalized spacial score (nSPS) is 23.9. The maximum atomic E-state index is 12.4. The molecule has 0 radical (unpaired) electrons. The van der Waals surface area contributed by atoms with Crippen molar-refractivity contribution in [2.75, 3.05) is 11.6 Å². The van der Waals surface area contributed by atoms with E-state index in [1.165, 1.54) is 6.26 Å². The Labute approximate surface area is 221 Å². The molecule has 3 N–H and O–H groups in total. The van der Waals surface area contributed by atoms with Crippen molar-refractivity contribution in [1.82, 2.24) is 15.0 Å². The number of sulfone groups is 1. The molecule has 0 amide bonds. The number of carbonyl (C=O) groups excluding carboxylic acids is 1. The zero-order valence-corrected chi connectivity index (χ0v) is 22.6. The van der Waals surface area contributed by atoms with Gasteiger partial charge in [-0.15, -0.1) is 0 Å². The van der Waals surface area contributed by atoms with Crippen LogP contribution < -0.4 is 15.8 Å². The summed E-state index contributed by atoms with van der Waals surface area (Å²) < 4.78 is 35.2. The summed E-state index contributed by atoms with van der Waals surface area (Å²) in [6, 6.07) is 5.40. The first kappa shape index (κ1) is 25.0. The van der Waals surface area contributed by atoms with E-state index in [0.29, 0.717) is 41.3 Å². The molecule has 0 aromatic carbocycles. The Kier molecular flexibility index (Phi) is 5.49. The second-order valence-corrected chi connectivity index (χ2v) is 13.7. The standard InChI is InChI=1S/C27H31N5O5S/c1-14-27(7-8-27)23-17(25(33)36-14)5-6-21(32-23)31-22-11-18-19(12-29-22)24(30-13-20(18)26(2,3)28)37-15-9-16(10-15)38(4,34)35/h5-6,11-16H,7-10,28H2,1-4H3,(H,29,31,32)/t14-,15?,16?/m0/s1. The lowest BCUT2D eigenvalue weighted by atomic mass is 9.89. The summed E-state index contributed by atoms with van der Waals surface area (Å²) in [6.07, 6.45) is 6.99. The molecule has 0 saturated heterocycles. The Hall–Kier alpha value is -3.31. The van der Waals surface area contributed by atoms with Crippen LogP contribution in [0.5, 0.6) is 5.88 Å². The first-order chi connectivity index (χ1) is 17.8. The molecule has 3 aliphatic rings. The van der Waals surface area contributed by atoms with Crippen LogP contribution in [0.25, 0.3) is 10.8 Å². The lowest BCUT2D eigenvalue weighted by molar-refractivity contribution is 0.0183. The van der Waals surface area contributed by atoms with Gasteiger partial charge in [-0.05, 0) is 62.8 Å². The third-order valence-corrected chi connectivity index (χ3v) is 9.65. The number of nitrogens with two attached hydrogens (primary N) is 1. The summed E-state index contributed by atoms with van der Waals surface area (Å²) in [6.45, 7) is 5.73. The van der Waals surface area contributed by atoms with Gasteiger partial charge < -0.3 is 20.5 Å². The van der Waals surface area contributed by atoms with E-state index in [-0.39, 0.29) is 28.8 Å². The first-order valence-corrected chi connectivity index (χ1v) is 14.7. The van der Waals surface area contributed by atoms with Gasteiger partial charge >= 0.3 is 5.97 Å². The number of ether oxygens (including phenoxy) is 2. The van der Waals surface area contributed by atoms with Gasteiger partial charge in [-0.2, -0.15) is 0 Å². The molecule has 1 atom stereocenters. The number of carbonyl (C=O) groups is 1. The molecule has 1 spiro atoms. The molecule has 3 aromatic rings. The van der Waals surface area contributed by atoms with Gasteiger partial charge in [-0.1, -0.05) is 0 Å². The smallest absolute Gasteiger partial charge is 0.340 e. The van der Waals surface area contributed by atoms with Crippen molar-refractivity contribution in [3.63, 3.8) is 0 Å². The maximum Gasteiger partial charge on any atom is 0.340 e. The molecule has 11 heteroatoms. The second kappa shape index (κ2) is 8.34. The van der Waals surface area contributed by atoms with E-state index < -0.39 is 15.4 Å². The summed E-state index contributed by atoms with van der Waals surface area (Å²) in [5, 5.41) is 4.43. The van der Waals surface area contributed by atoms with Crippen molar-refractivity contribution in [2.45, 2.75) is 74.9 Å². The van der Waals surface area contributed by atoms with Crippen LogP contribution in [0.2, 0.25) is 0 Å². The quantitative estimate of drug-likeness (QED) is 0.448. The lowest BCUT2D eigenvalue weighted by Gasteiger charge is -2.34. The fraction of sp³-hybridized carbons (Fsp3) is 0.481. The SMILES string of the molecule is C[C@@H]1OC(=O)c2ccc(Nc3cc4c(C(C)(C)N)cnc(OC5CC(S(C)(=O)=O)C5)c4cn3)nc2C12CC2. The molecule has 0 bridgehead atoms. The molecule has 10 nitrogen and oxygen atoms in total. The summed E-state index contributed by atoms with van der Waals surface area (Å²) in [7, 11) is -3.08. The summed E-state index contributed by atoms with van der Waals surface area (Å²) >= 11 is 0. The molecule has 2 aliphatic carbocycles. The van der Waals surface area contributed by atoms with Crippen LogP contribution in [0.15, 0.2) is 30.6 Å². The van der Waals surface area contributed by atoms with Gasteiger partial charge in [0.15, 0.2) is 9.84 Å². The minimum atomic E-state index is -3.08. The van der Waals surface area contributed by atoms with E-state index in [0.717, 1.165) is 29.5 Å². The minimum absolute atomic E-state index is 0.201. The Morgan fingerprint density at radius 1 is 1.13 bits per heavy atom. The van der Waals surface area contributed by atoms with Crippen molar-refractivity contribution in [2.24, 2.45) is 5.73 Å². The fourth-order valence-electron chi connectivity index (χ4n) is 5.42. The number of nitrogens with zero attached hydrogens (tertiary/aromatic N) is 3. The number of pyridine rings is 3. The highest BCUT2D eigenvalue weighted by atomic mass is 32.2. The Morgan fingerprint density at radius 3 is 2.53 bits per heavy atom. The molecular formula is C27H31N5O5S. The van der Waals surface area contributed by atoms with E-state index in [1.54, 1.807) is 24.5 Å². The summed E-state index contributed by atoms with van der Waals surface area (Å²) in [4.78, 5) is 26.3. The molecule has 1 aliphatic heterocycles. The van der Waals surface area contributed by atoms with E-state index in [1.807, 2.05) is 26.8 Å². The number of esters is 1. The number of anilines is 2. The van der Waals surface area contributed by atoms with Crippen LogP contribution in [-0.2, 0) is 25.5 Å². The number of hydrogen-bond acceptors (Lipinski definition) is 10. The number of aromatic nitrogens is 3. The zero-order chi connectivity index (χ0) is 27.0. The van der Waals surface area contributed by atoms with Crippen LogP contribution in [0.4, 0.5) is 11.6 Å². The average Bonchev–Trinajstić information content (AvgIpc) is 3.60. The highest BCUT2D eigenvalue weighted by molar-refractivity contribution is 7.91. The minimum Gasteiger partial charge on any atom is -0.474 e. The van der Waals surface area contributed by atoms with E-state index in [9.17, 15) is 13.2 Å². The monoisotopic (exact) mass is 537 g/mol. The van der Waals surface area contributed by atoms with Crippen molar-refractivity contribution in [3.8, 4) is 5.88 Å². The Bertz CT molecular complexity index is 1570. The van der Waals surface area contributed by atoms with Crippen LogP contribution in [0, 0.1) is 0 Å². The molecular weight excluding hydrogens is 506 g/mol. The van der Waals surface area contributed by atoms with E-state index in [2.05, 4.69) is 15.3 Å². The highest BCUT2D eigenvalue weighted by Crippen LogP contribution is 2.54. The molecule has 2 saturated carbocycles. The summed E-state index contributed by atoms with van der Waals surface area (Å²) in [5.74, 6) is 1.21. The second-order valence-electron chi connectivity index (χ2n) is 11.4. The predicted octanol–water partition coefficient (Wildman–Crippen LogP) is 3.51. The molecule has 6 rings (SSSR count). The molecule has 3 aromatic heterocycles. The Balaban J connectivity index is 1.32. The van der Waals surface area contributed by atoms with Gasteiger partial charge in [0.2, 0.25) is 5.88 Å². The van der Waals surface area contributed by atoms with Crippen LogP contribution >= 0.6 is 0 Å². The van der Waals surface area contributed by atoms with Gasteiger partial charge in [0.05, 0.1) is 27.3 Å². The number of fused-ring (bicyclic) bond motifs is 3. The largest absolute Gasteiger partial charge is 0.474 e. The molecule has 0 unspecified atom stereocenters. The number of hydrogen-bond donors (Lipinski definition) is 2. The average molecular weight is 538 g/mol. The first-order valence-electron chi connectivity index (χ1n) is 12.8. The van der Waals surface area contributed by atoms with Crippen LogP contribution in [-0.4, -0.2) is 53.1 Å². The van der Waals surface area contributed by atoms with Gasteiger partial charge in [-0.3, -0.25) is 0 Å². The van der Waals surface area contributed by atoms with E-state index >= 15 is 0 Å². The van der Waals surface area contributed by atoms with Crippen LogP contribution in [0.3, 0.4) is 0 Å². The van der Waals surface area contributed by atoms with Gasteiger partial charge in [0.1, 0.15) is 23.8 Å². The zero-order valence-electron chi connectivity index (χ0n) is 21.8. The van der Waals surface area contributed by atoms with Crippen molar-refractivity contribution >= 4 is 38.2 Å². The van der Waals surface area contributed by atoms with Crippen molar-refractivity contribution in [1.29, 1.82) is 0 Å². The predicted molar refractivity (Wildman–Crippen MR) is 142 cm³/mol. The van der Waals surface area contributed by atoms with Crippen molar-refractivity contribution < 1.29 is 22.7 Å². The summed E-state index contributed by atoms with van der Waals surface area (Å²) in [5.41, 5.74) is 7.71. The molecule has 2 fully saturated rings. The lowest BCUT2D eigenvalue weighted by Crippen LogP contribution is -2.42. The fourth-order valence-corrected chi connectivity index (χ4v) is 6.55. The van der Waals surface area contributed by atoms with Gasteiger partial charge in [-0.25, -0.2) is 28.2 Å². The molecule has 200 valence electrons. The maximum absolute atomic E-state index is 12.4. The van der Waals surface area contributed by atoms with Gasteiger partial charge in [0, 0.05) is 37.0 Å². The third-order valence-electron chi connectivity index (χ3n) is 8.06. The number of cyclic esters (lactones) is 1. The highest BCUT2D eigenvalue weighted by Gasteiger charge is 2.56. The molecule has 38 heavy (non-hydrogen) atoms. The van der Waals surface area contributed by atoms with E-state index in [4.69, 9.17) is 20.2 Å².